The average molecular weight is 188 g/mol. The van der Waals surface area contributed by atoms with E-state index in [1.54, 1.807) is 0 Å². The second-order valence-corrected chi connectivity index (χ2v) is 3.75. The maximum absolute atomic E-state index is 8.67. The molecule has 1 N–H and O–H groups in total. The van der Waals surface area contributed by atoms with E-state index in [9.17, 15) is 0 Å². The molecule has 4 unspecified atom stereocenters. The molecule has 4 heteroatoms. The lowest BCUT2D eigenvalue weighted by Crippen LogP contribution is -2.36. The van der Waals surface area contributed by atoms with Crippen LogP contribution in [-0.4, -0.2) is 37.0 Å². The molecule has 0 spiro atoms. The molecule has 0 aliphatic carbocycles. The molecule has 0 aromatic heterocycles. The zero-order chi connectivity index (χ0) is 9.26. The van der Waals surface area contributed by atoms with Crippen molar-refractivity contribution in [3.63, 3.8) is 0 Å². The molecule has 2 aliphatic rings. The van der Waals surface area contributed by atoms with E-state index in [0.717, 1.165) is 12.8 Å². The molecule has 0 bridgehead atoms. The van der Waals surface area contributed by atoms with Crippen LogP contribution in [-0.2, 0) is 14.2 Å². The number of hydrogen-bond donors (Lipinski definition) is 1. The summed E-state index contributed by atoms with van der Waals surface area (Å²) in [6.07, 6.45) is 1.95. The van der Waals surface area contributed by atoms with Crippen molar-refractivity contribution in [1.29, 1.82) is 0 Å². The van der Waals surface area contributed by atoms with Gasteiger partial charge in [0.25, 0.3) is 0 Å². The molecular weight excluding hydrogens is 172 g/mol. The molecule has 4 nitrogen and oxygen atoms in total. The Morgan fingerprint density at radius 1 is 1.38 bits per heavy atom. The van der Waals surface area contributed by atoms with Crippen LogP contribution in [0.2, 0.25) is 0 Å². The summed E-state index contributed by atoms with van der Waals surface area (Å²) >= 11 is 0. The molecule has 0 aromatic rings. The molecule has 2 fully saturated rings. The van der Waals surface area contributed by atoms with Crippen LogP contribution in [0.3, 0.4) is 0 Å². The molecule has 0 radical (unpaired) electrons. The molecular formula is C9H16O4. The Balaban J connectivity index is 1.48. The molecule has 2 heterocycles. The van der Waals surface area contributed by atoms with E-state index >= 15 is 0 Å². The summed E-state index contributed by atoms with van der Waals surface area (Å²) < 4.78 is 15.6. The number of hydrogen-bond acceptors (Lipinski definition) is 4. The fraction of sp³-hybridized carbons (Fsp3) is 1.00. The lowest BCUT2D eigenvalue weighted by Gasteiger charge is -2.21. The van der Waals surface area contributed by atoms with Gasteiger partial charge < -0.3 is 19.3 Å². The van der Waals surface area contributed by atoms with E-state index in [0.29, 0.717) is 12.5 Å². The van der Waals surface area contributed by atoms with Gasteiger partial charge in [-0.25, -0.2) is 0 Å². The molecule has 76 valence electrons. The van der Waals surface area contributed by atoms with Gasteiger partial charge in [0.2, 0.25) is 0 Å². The van der Waals surface area contributed by atoms with Crippen LogP contribution >= 0.6 is 0 Å². The topological polar surface area (TPSA) is 51.2 Å². The number of rotatable bonds is 6. The Hall–Kier alpha value is -0.160. The van der Waals surface area contributed by atoms with Crippen molar-refractivity contribution in [2.24, 2.45) is 5.92 Å². The highest BCUT2D eigenvalue weighted by Gasteiger charge is 2.59. The van der Waals surface area contributed by atoms with Gasteiger partial charge in [-0.3, -0.25) is 0 Å². The molecule has 2 aliphatic heterocycles. The first kappa shape index (κ1) is 9.40. The van der Waals surface area contributed by atoms with Crippen LogP contribution in [0.15, 0.2) is 0 Å². The molecule has 0 saturated carbocycles. The zero-order valence-electron chi connectivity index (χ0n) is 7.81. The number of aliphatic hydroxyl groups excluding tert-OH is 1. The predicted molar refractivity (Wildman–Crippen MR) is 45.0 cm³/mol. The van der Waals surface area contributed by atoms with Crippen LogP contribution in [0.5, 0.6) is 0 Å². The minimum atomic E-state index is -0.119. The standard InChI is InChI=1S/C9H16O4/c1-6(2-4-10)3-5-11-8-7-9(12-7)13-8/h6-10H,2-5H2,1H3. The fourth-order valence-electron chi connectivity index (χ4n) is 1.42. The Morgan fingerprint density at radius 2 is 2.23 bits per heavy atom. The quantitative estimate of drug-likeness (QED) is 0.616. The Bertz CT molecular complexity index is 173. The highest BCUT2D eigenvalue weighted by Crippen LogP contribution is 2.40. The lowest BCUT2D eigenvalue weighted by molar-refractivity contribution is -0.203. The normalized spacial score (nSPS) is 37.8. The molecule has 2 rings (SSSR count). The zero-order valence-corrected chi connectivity index (χ0v) is 7.81. The smallest absolute Gasteiger partial charge is 0.192 e. The largest absolute Gasteiger partial charge is 0.396 e. The van der Waals surface area contributed by atoms with Crippen LogP contribution in [0.25, 0.3) is 0 Å². The first-order valence-electron chi connectivity index (χ1n) is 4.84. The van der Waals surface area contributed by atoms with Gasteiger partial charge >= 0.3 is 0 Å². The van der Waals surface area contributed by atoms with Crippen LogP contribution in [0, 0.1) is 5.92 Å². The monoisotopic (exact) mass is 188 g/mol. The summed E-state index contributed by atoms with van der Waals surface area (Å²) in [7, 11) is 0. The number of aliphatic hydroxyl groups is 1. The maximum atomic E-state index is 8.67. The molecule has 4 atom stereocenters. The van der Waals surface area contributed by atoms with Gasteiger partial charge in [0, 0.05) is 6.61 Å². The Kier molecular flexibility index (Phi) is 2.83. The van der Waals surface area contributed by atoms with E-state index in [1.165, 1.54) is 0 Å². The second-order valence-electron chi connectivity index (χ2n) is 3.75. The van der Waals surface area contributed by atoms with Crippen molar-refractivity contribution in [2.75, 3.05) is 13.2 Å². The van der Waals surface area contributed by atoms with Crippen LogP contribution < -0.4 is 0 Å². The van der Waals surface area contributed by atoms with E-state index in [1.807, 2.05) is 0 Å². The summed E-state index contributed by atoms with van der Waals surface area (Å²) in [4.78, 5) is 0. The minimum absolute atomic E-state index is 0.0415. The van der Waals surface area contributed by atoms with Crippen molar-refractivity contribution in [1.82, 2.24) is 0 Å². The van der Waals surface area contributed by atoms with Crippen molar-refractivity contribution in [3.05, 3.63) is 0 Å². The minimum Gasteiger partial charge on any atom is -0.396 e. The van der Waals surface area contributed by atoms with Gasteiger partial charge in [0.05, 0.1) is 6.61 Å². The molecule has 2 saturated heterocycles. The van der Waals surface area contributed by atoms with E-state index in [2.05, 4.69) is 6.92 Å². The Labute approximate surface area is 77.8 Å². The lowest BCUT2D eigenvalue weighted by atomic mass is 10.1. The number of epoxide rings is 1. The maximum Gasteiger partial charge on any atom is 0.192 e. The summed E-state index contributed by atoms with van der Waals surface area (Å²) in [6, 6.07) is 0. The fourth-order valence-corrected chi connectivity index (χ4v) is 1.42. The second kappa shape index (κ2) is 3.92. The van der Waals surface area contributed by atoms with Crippen LogP contribution in [0.4, 0.5) is 0 Å². The van der Waals surface area contributed by atoms with E-state index in [-0.39, 0.29) is 25.3 Å². The van der Waals surface area contributed by atoms with E-state index in [4.69, 9.17) is 19.3 Å². The summed E-state index contributed by atoms with van der Waals surface area (Å²) in [6.45, 7) is 3.06. The first-order chi connectivity index (χ1) is 6.31. The average Bonchev–Trinajstić information content (AvgIpc) is 2.71. The van der Waals surface area contributed by atoms with Gasteiger partial charge in [-0.15, -0.1) is 0 Å². The van der Waals surface area contributed by atoms with E-state index < -0.39 is 0 Å². The van der Waals surface area contributed by atoms with Gasteiger partial charge in [-0.2, -0.15) is 0 Å². The van der Waals surface area contributed by atoms with Crippen molar-refractivity contribution < 1.29 is 19.3 Å². The third-order valence-electron chi connectivity index (χ3n) is 2.53. The summed E-state index contributed by atoms with van der Waals surface area (Å²) in [5.74, 6) is 0.515. The predicted octanol–water partition coefficient (Wildman–Crippen LogP) is 0.493. The SMILES string of the molecule is CC(CCO)CCOC1OC2OC12. The highest BCUT2D eigenvalue weighted by atomic mass is 16.9. The first-order valence-corrected chi connectivity index (χ1v) is 4.84. The Morgan fingerprint density at radius 3 is 2.77 bits per heavy atom. The van der Waals surface area contributed by atoms with Gasteiger partial charge in [0.15, 0.2) is 18.7 Å². The third kappa shape index (κ3) is 2.20. The highest BCUT2D eigenvalue weighted by molar-refractivity contribution is 4.90. The van der Waals surface area contributed by atoms with Gasteiger partial charge in [-0.05, 0) is 18.8 Å². The van der Waals surface area contributed by atoms with Gasteiger partial charge in [-0.1, -0.05) is 6.92 Å². The van der Waals surface area contributed by atoms with Gasteiger partial charge in [0.1, 0.15) is 0 Å². The molecule has 0 aromatic carbocycles. The van der Waals surface area contributed by atoms with Crippen LogP contribution in [0.1, 0.15) is 19.8 Å². The third-order valence-corrected chi connectivity index (χ3v) is 2.53. The summed E-state index contributed by atoms with van der Waals surface area (Å²) in [5.41, 5.74) is 0. The molecule has 13 heavy (non-hydrogen) atoms. The summed E-state index contributed by atoms with van der Waals surface area (Å²) in [5, 5.41) is 8.67. The number of fused-ring (bicyclic) bond motifs is 1. The van der Waals surface area contributed by atoms with Crippen molar-refractivity contribution in [3.8, 4) is 0 Å². The molecule has 0 amide bonds. The van der Waals surface area contributed by atoms with Crippen molar-refractivity contribution >= 4 is 0 Å². The number of ether oxygens (including phenoxy) is 3. The van der Waals surface area contributed by atoms with Crippen molar-refractivity contribution in [2.45, 2.75) is 38.4 Å².